The van der Waals surface area contributed by atoms with Crippen LogP contribution in [0, 0.1) is 6.92 Å². The Morgan fingerprint density at radius 3 is 2.79 bits per heavy atom. The monoisotopic (exact) mass is 441 g/mol. The zero-order valence-electron chi connectivity index (χ0n) is 15.4. The van der Waals surface area contributed by atoms with Gasteiger partial charge in [0.25, 0.3) is 0 Å². The molecule has 2 aromatic heterocycles. The van der Waals surface area contributed by atoms with Crippen molar-refractivity contribution in [2.24, 2.45) is 0 Å². The summed E-state index contributed by atoms with van der Waals surface area (Å²) in [5.41, 5.74) is 3.71. The number of nitrogens with one attached hydrogen (secondary N) is 1. The molecule has 0 saturated heterocycles. The fourth-order valence-corrected chi connectivity index (χ4v) is 4.30. The first-order chi connectivity index (χ1) is 14.1. The first-order valence-corrected chi connectivity index (χ1v) is 10.9. The highest BCUT2D eigenvalue weighted by atomic mass is 35.5. The largest absolute Gasteiger partial charge is 0.301 e. The van der Waals surface area contributed by atoms with E-state index >= 15 is 0 Å². The lowest BCUT2D eigenvalue weighted by Crippen LogP contribution is -2.14. The van der Waals surface area contributed by atoms with E-state index in [0.29, 0.717) is 15.3 Å². The molecule has 0 fully saturated rings. The summed E-state index contributed by atoms with van der Waals surface area (Å²) in [5, 5.41) is 14.6. The van der Waals surface area contributed by atoms with Crippen LogP contribution >= 0.6 is 34.7 Å². The summed E-state index contributed by atoms with van der Waals surface area (Å²) >= 11 is 8.89. The van der Waals surface area contributed by atoms with Gasteiger partial charge >= 0.3 is 0 Å². The van der Waals surface area contributed by atoms with E-state index in [2.05, 4.69) is 20.5 Å². The molecule has 0 spiro atoms. The quantitative estimate of drug-likeness (QED) is 0.422. The van der Waals surface area contributed by atoms with Crippen molar-refractivity contribution in [3.05, 3.63) is 70.8 Å². The smallest absolute Gasteiger partial charge is 0.236 e. The number of carbonyl (C=O) groups is 1. The normalized spacial score (nSPS) is 10.8. The second-order valence-electron chi connectivity index (χ2n) is 6.17. The molecule has 29 heavy (non-hydrogen) atoms. The van der Waals surface area contributed by atoms with E-state index in [1.807, 2.05) is 65.4 Å². The first-order valence-electron chi connectivity index (χ1n) is 8.70. The maximum absolute atomic E-state index is 12.4. The Kier molecular flexibility index (Phi) is 5.94. The molecule has 2 heterocycles. The minimum Gasteiger partial charge on any atom is -0.301 e. The molecular formula is C20H16ClN5OS2. The molecule has 146 valence electrons. The summed E-state index contributed by atoms with van der Waals surface area (Å²) in [6, 6.07) is 15.5. The van der Waals surface area contributed by atoms with Gasteiger partial charge in [-0.25, -0.2) is 4.98 Å². The average Bonchev–Trinajstić information content (AvgIpc) is 3.37. The van der Waals surface area contributed by atoms with Crippen LogP contribution in [-0.4, -0.2) is 31.4 Å². The number of amides is 1. The second-order valence-corrected chi connectivity index (χ2v) is 8.38. The number of nitrogens with zero attached hydrogens (tertiary/aromatic N) is 4. The van der Waals surface area contributed by atoms with Crippen LogP contribution in [0.5, 0.6) is 0 Å². The van der Waals surface area contributed by atoms with Crippen LogP contribution in [0.1, 0.15) is 5.56 Å². The topological polar surface area (TPSA) is 72.7 Å². The number of aryl methyl sites for hydroxylation is 1. The fourth-order valence-electron chi connectivity index (χ4n) is 2.61. The van der Waals surface area contributed by atoms with E-state index < -0.39 is 0 Å². The van der Waals surface area contributed by atoms with E-state index in [1.54, 1.807) is 6.33 Å². The predicted molar refractivity (Wildman–Crippen MR) is 118 cm³/mol. The molecule has 0 bridgehead atoms. The van der Waals surface area contributed by atoms with Gasteiger partial charge in [-0.15, -0.1) is 21.5 Å². The zero-order valence-corrected chi connectivity index (χ0v) is 17.8. The zero-order chi connectivity index (χ0) is 20.2. The van der Waals surface area contributed by atoms with Crippen molar-refractivity contribution >= 4 is 45.7 Å². The molecule has 0 atom stereocenters. The van der Waals surface area contributed by atoms with E-state index in [1.165, 1.54) is 28.7 Å². The van der Waals surface area contributed by atoms with Gasteiger partial charge in [0, 0.05) is 21.7 Å². The SMILES string of the molecule is Cc1ccc(-n2cnnc2SCC(=O)Nc2nc(-c3ccccc3Cl)cs2)cc1. The van der Waals surface area contributed by atoms with Gasteiger partial charge in [0.15, 0.2) is 10.3 Å². The first kappa shape index (κ1) is 19.6. The molecule has 1 amide bonds. The van der Waals surface area contributed by atoms with Crippen LogP contribution in [0.15, 0.2) is 65.4 Å². The van der Waals surface area contributed by atoms with Crippen molar-refractivity contribution in [3.63, 3.8) is 0 Å². The number of aromatic nitrogens is 4. The molecule has 0 aliphatic rings. The fraction of sp³-hybridized carbons (Fsp3) is 0.100. The summed E-state index contributed by atoms with van der Waals surface area (Å²) in [6.07, 6.45) is 1.64. The number of thiazole rings is 1. The summed E-state index contributed by atoms with van der Waals surface area (Å²) in [4.78, 5) is 16.8. The lowest BCUT2D eigenvalue weighted by molar-refractivity contribution is -0.113. The standard InChI is InChI=1S/C20H16ClN5OS2/c1-13-6-8-14(9-7-13)26-12-22-25-20(26)29-11-18(27)24-19-23-17(10-28-19)15-4-2-3-5-16(15)21/h2-10,12H,11H2,1H3,(H,23,24,27). The number of rotatable bonds is 6. The molecular weight excluding hydrogens is 426 g/mol. The van der Waals surface area contributed by atoms with Crippen LogP contribution < -0.4 is 5.32 Å². The third-order valence-electron chi connectivity index (χ3n) is 4.06. The average molecular weight is 442 g/mol. The van der Waals surface area contributed by atoms with Crippen LogP contribution in [0.3, 0.4) is 0 Å². The number of benzene rings is 2. The second kappa shape index (κ2) is 8.77. The molecule has 4 aromatic rings. The molecule has 0 aliphatic carbocycles. The van der Waals surface area contributed by atoms with Crippen molar-refractivity contribution < 1.29 is 4.79 Å². The maximum Gasteiger partial charge on any atom is 0.236 e. The van der Waals surface area contributed by atoms with Crippen molar-refractivity contribution in [1.29, 1.82) is 0 Å². The van der Waals surface area contributed by atoms with Gasteiger partial charge in [-0.1, -0.05) is 59.3 Å². The predicted octanol–water partition coefficient (Wildman–Crippen LogP) is 5.08. The molecule has 0 saturated carbocycles. The summed E-state index contributed by atoms with van der Waals surface area (Å²) < 4.78 is 1.86. The minimum atomic E-state index is -0.159. The van der Waals surface area contributed by atoms with Crippen LogP contribution in [0.2, 0.25) is 5.02 Å². The van der Waals surface area contributed by atoms with Crippen LogP contribution in [-0.2, 0) is 4.79 Å². The summed E-state index contributed by atoms with van der Waals surface area (Å²) in [7, 11) is 0. The molecule has 2 aromatic carbocycles. The Balaban J connectivity index is 1.39. The third-order valence-corrected chi connectivity index (χ3v) is 6.09. The van der Waals surface area contributed by atoms with Crippen molar-refractivity contribution in [2.75, 3.05) is 11.1 Å². The van der Waals surface area contributed by atoms with Gasteiger partial charge in [0.2, 0.25) is 5.91 Å². The van der Waals surface area contributed by atoms with Gasteiger partial charge in [-0.2, -0.15) is 0 Å². The van der Waals surface area contributed by atoms with E-state index in [9.17, 15) is 4.79 Å². The van der Waals surface area contributed by atoms with Gasteiger partial charge in [-0.05, 0) is 25.1 Å². The van der Waals surface area contributed by atoms with Crippen molar-refractivity contribution in [2.45, 2.75) is 12.1 Å². The maximum atomic E-state index is 12.4. The van der Waals surface area contributed by atoms with Crippen molar-refractivity contribution in [1.82, 2.24) is 19.7 Å². The molecule has 6 nitrogen and oxygen atoms in total. The minimum absolute atomic E-state index is 0.159. The third kappa shape index (κ3) is 4.67. The number of thioether (sulfide) groups is 1. The molecule has 0 aliphatic heterocycles. The molecule has 1 N–H and O–H groups in total. The number of anilines is 1. The number of halogens is 1. The number of carbonyl (C=O) groups excluding carboxylic acids is 1. The van der Waals surface area contributed by atoms with Gasteiger partial charge in [0.05, 0.1) is 11.4 Å². The molecule has 9 heteroatoms. The van der Waals surface area contributed by atoms with Gasteiger partial charge in [0.1, 0.15) is 6.33 Å². The van der Waals surface area contributed by atoms with E-state index in [0.717, 1.165) is 16.9 Å². The Labute approximate surface area is 181 Å². The lowest BCUT2D eigenvalue weighted by Gasteiger charge is -2.06. The molecule has 0 unspecified atom stereocenters. The van der Waals surface area contributed by atoms with Gasteiger partial charge < -0.3 is 5.32 Å². The Morgan fingerprint density at radius 1 is 1.21 bits per heavy atom. The van der Waals surface area contributed by atoms with Gasteiger partial charge in [-0.3, -0.25) is 9.36 Å². The highest BCUT2D eigenvalue weighted by molar-refractivity contribution is 7.99. The van der Waals surface area contributed by atoms with Crippen molar-refractivity contribution in [3.8, 4) is 16.9 Å². The van der Waals surface area contributed by atoms with Crippen LogP contribution in [0.4, 0.5) is 5.13 Å². The number of hydrogen-bond donors (Lipinski definition) is 1. The Hall–Kier alpha value is -2.68. The number of hydrogen-bond acceptors (Lipinski definition) is 6. The lowest BCUT2D eigenvalue weighted by atomic mass is 10.2. The molecule has 4 rings (SSSR count). The Bertz CT molecular complexity index is 1140. The molecule has 0 radical (unpaired) electrons. The van der Waals surface area contributed by atoms with E-state index in [4.69, 9.17) is 11.6 Å². The summed E-state index contributed by atoms with van der Waals surface area (Å²) in [5.74, 6) is 0.0412. The Morgan fingerprint density at radius 2 is 2.00 bits per heavy atom. The van der Waals surface area contributed by atoms with Crippen LogP contribution in [0.25, 0.3) is 16.9 Å². The highest BCUT2D eigenvalue weighted by Gasteiger charge is 2.13. The summed E-state index contributed by atoms with van der Waals surface area (Å²) in [6.45, 7) is 2.03. The van der Waals surface area contributed by atoms with E-state index in [-0.39, 0.29) is 11.7 Å². The highest BCUT2D eigenvalue weighted by Crippen LogP contribution is 2.30.